The van der Waals surface area contributed by atoms with Crippen molar-refractivity contribution in [1.82, 2.24) is 0 Å². The molecular weight excluding hydrogens is 600 g/mol. The first kappa shape index (κ1) is 34.4. The van der Waals surface area contributed by atoms with Gasteiger partial charge in [-0.15, -0.1) is 0 Å². The van der Waals surface area contributed by atoms with E-state index in [1.807, 2.05) is 0 Å². The van der Waals surface area contributed by atoms with Gasteiger partial charge in [-0.2, -0.15) is 0 Å². The van der Waals surface area contributed by atoms with Gasteiger partial charge in [0.2, 0.25) is 0 Å². The van der Waals surface area contributed by atoms with E-state index in [2.05, 4.69) is 0 Å². The zero-order valence-electron chi connectivity index (χ0n) is 24.4. The van der Waals surface area contributed by atoms with E-state index in [1.165, 1.54) is 50.4 Å². The number of benzene rings is 2. The number of phenolic OH excluding ortho intramolecular Hbond substituents is 3. The van der Waals surface area contributed by atoms with Crippen LogP contribution in [0, 0.1) is 0 Å². The van der Waals surface area contributed by atoms with Crippen LogP contribution in [0.1, 0.15) is 18.1 Å². The molecule has 2 aromatic carbocycles. The van der Waals surface area contributed by atoms with Gasteiger partial charge in [-0.05, 0) is 54.8 Å². The van der Waals surface area contributed by atoms with Gasteiger partial charge < -0.3 is 69.3 Å². The fourth-order valence-electron chi connectivity index (χ4n) is 4.91. The van der Waals surface area contributed by atoms with Crippen LogP contribution in [0.15, 0.2) is 42.5 Å². The van der Waals surface area contributed by atoms with Gasteiger partial charge in [0.05, 0.1) is 26.4 Å². The number of carbonyl (C=O) groups excluding carboxylic acids is 1. The number of aromatic hydroxyl groups is 3. The quantitative estimate of drug-likeness (QED) is 0.0862. The maximum Gasteiger partial charge on any atom is 0.331 e. The van der Waals surface area contributed by atoms with E-state index in [9.17, 15) is 45.6 Å². The number of esters is 1. The summed E-state index contributed by atoms with van der Waals surface area (Å²) in [5.74, 6) is -1.49. The number of methoxy groups -OCH3 is 1. The molecule has 0 aliphatic carbocycles. The molecule has 0 saturated carbocycles. The minimum atomic E-state index is -1.76. The maximum absolute atomic E-state index is 12.9. The number of aliphatic hydroxyl groups excluding tert-OH is 5. The number of ether oxygens (including phenoxy) is 6. The van der Waals surface area contributed by atoms with Crippen LogP contribution in [0.3, 0.4) is 0 Å². The van der Waals surface area contributed by atoms with Crippen LogP contribution in [0.25, 0.3) is 6.08 Å². The molecule has 2 aromatic rings. The molecule has 0 spiro atoms. The van der Waals surface area contributed by atoms with Gasteiger partial charge in [0.1, 0.15) is 36.6 Å². The predicted molar refractivity (Wildman–Crippen MR) is 152 cm³/mol. The lowest BCUT2D eigenvalue weighted by atomic mass is 9.97. The van der Waals surface area contributed by atoms with Gasteiger partial charge in [-0.25, -0.2) is 4.79 Å². The van der Waals surface area contributed by atoms with Crippen molar-refractivity contribution in [2.45, 2.75) is 74.8 Å². The Morgan fingerprint density at radius 1 is 0.867 bits per heavy atom. The molecule has 2 aliphatic rings. The highest BCUT2D eigenvalue weighted by molar-refractivity contribution is 5.87. The Kier molecular flexibility index (Phi) is 11.6. The van der Waals surface area contributed by atoms with Crippen molar-refractivity contribution < 1.29 is 74.1 Å². The second-order valence-corrected chi connectivity index (χ2v) is 10.6. The van der Waals surface area contributed by atoms with E-state index in [0.717, 1.165) is 6.08 Å². The van der Waals surface area contributed by atoms with Crippen molar-refractivity contribution in [3.63, 3.8) is 0 Å². The number of hydrogen-bond acceptors (Lipinski definition) is 15. The Bertz CT molecular complexity index is 1320. The zero-order chi connectivity index (χ0) is 32.8. The molecule has 8 N–H and O–H groups in total. The smallest absolute Gasteiger partial charge is 0.331 e. The first-order valence-electron chi connectivity index (χ1n) is 14.1. The van der Waals surface area contributed by atoms with Crippen LogP contribution in [-0.2, 0) is 34.9 Å². The van der Waals surface area contributed by atoms with Crippen molar-refractivity contribution >= 4 is 12.0 Å². The second kappa shape index (κ2) is 15.2. The Morgan fingerprint density at radius 2 is 1.60 bits per heavy atom. The van der Waals surface area contributed by atoms with Crippen LogP contribution >= 0.6 is 0 Å². The Balaban J connectivity index is 1.52. The van der Waals surface area contributed by atoms with Crippen LogP contribution in [-0.4, -0.2) is 129 Å². The fourth-order valence-corrected chi connectivity index (χ4v) is 4.91. The van der Waals surface area contributed by atoms with E-state index in [0.29, 0.717) is 11.1 Å². The summed E-state index contributed by atoms with van der Waals surface area (Å²) >= 11 is 0. The largest absolute Gasteiger partial charge is 0.504 e. The molecule has 15 nitrogen and oxygen atoms in total. The van der Waals surface area contributed by atoms with Crippen LogP contribution in [0.5, 0.6) is 23.0 Å². The number of aliphatic hydroxyl groups is 5. The standard InChI is InChI=1S/C30H38O15/c1-14-23(36)24(37)25(38)30(42-14)45-28-26(39)29(41-10-9-16-3-6-17(32)19(34)11-16)43-21(13-31)27(28)44-22(35)8-5-15-4-7-18(33)20(12-15)40-2/h3-8,11-12,14,21,23-34,36-39H,9-10,13H2,1-2H3/t14-,21-,23-,24+,25-,26-,27+,28-,29+,30+/m0/s1. The first-order chi connectivity index (χ1) is 21.4. The molecule has 0 aromatic heterocycles. The molecule has 4 rings (SSSR count). The summed E-state index contributed by atoms with van der Waals surface area (Å²) < 4.78 is 33.4. The summed E-state index contributed by atoms with van der Waals surface area (Å²) in [6.07, 6.45) is -12.3. The predicted octanol–water partition coefficient (Wildman–Crippen LogP) is -0.713. The van der Waals surface area contributed by atoms with Crippen molar-refractivity contribution in [2.75, 3.05) is 20.3 Å². The van der Waals surface area contributed by atoms with Gasteiger partial charge in [-0.3, -0.25) is 0 Å². The zero-order valence-corrected chi connectivity index (χ0v) is 24.4. The third kappa shape index (κ3) is 8.21. The van der Waals surface area contributed by atoms with E-state index < -0.39 is 74.0 Å². The molecule has 2 aliphatic heterocycles. The monoisotopic (exact) mass is 638 g/mol. The maximum atomic E-state index is 12.9. The number of rotatable bonds is 11. The number of carbonyl (C=O) groups is 1. The third-order valence-electron chi connectivity index (χ3n) is 7.47. The van der Waals surface area contributed by atoms with E-state index in [4.69, 9.17) is 28.4 Å². The van der Waals surface area contributed by atoms with E-state index in [-0.39, 0.29) is 36.0 Å². The number of hydrogen-bond donors (Lipinski definition) is 8. The summed E-state index contributed by atoms with van der Waals surface area (Å²) in [6.45, 7) is 0.645. The highest BCUT2D eigenvalue weighted by atomic mass is 16.7. The van der Waals surface area contributed by atoms with Crippen molar-refractivity contribution in [3.05, 3.63) is 53.6 Å². The molecule has 0 unspecified atom stereocenters. The topological polar surface area (TPSA) is 234 Å². The normalized spacial score (nSPS) is 32.0. The molecule has 10 atom stereocenters. The van der Waals surface area contributed by atoms with E-state index in [1.54, 1.807) is 6.07 Å². The average Bonchev–Trinajstić information content (AvgIpc) is 3.02. The molecule has 248 valence electrons. The first-order valence-corrected chi connectivity index (χ1v) is 14.1. The van der Waals surface area contributed by atoms with Gasteiger partial charge in [0.25, 0.3) is 0 Å². The van der Waals surface area contributed by atoms with Gasteiger partial charge in [-0.1, -0.05) is 12.1 Å². The highest BCUT2D eigenvalue weighted by Gasteiger charge is 2.52. The fraction of sp³-hybridized carbons (Fsp3) is 0.500. The highest BCUT2D eigenvalue weighted by Crippen LogP contribution is 2.32. The lowest BCUT2D eigenvalue weighted by molar-refractivity contribution is -0.357. The van der Waals surface area contributed by atoms with Crippen molar-refractivity contribution in [3.8, 4) is 23.0 Å². The Hall–Kier alpha value is -3.51. The minimum Gasteiger partial charge on any atom is -0.504 e. The molecule has 2 saturated heterocycles. The lowest BCUT2D eigenvalue weighted by Crippen LogP contribution is -2.65. The van der Waals surface area contributed by atoms with Crippen LogP contribution < -0.4 is 4.74 Å². The Labute approximate surface area is 258 Å². The SMILES string of the molecule is COc1cc(C=CC(=O)O[C@H]2[C@@H](O[C@H]3O[C@@H](C)[C@H](O)[C@@H](O)[C@@H]3O)[C@H](O)[C@H](OCCc3ccc(O)c(O)c3)O[C@H]2CO)ccc1O. The molecule has 0 amide bonds. The van der Waals surface area contributed by atoms with Crippen molar-refractivity contribution in [2.24, 2.45) is 0 Å². The summed E-state index contributed by atoms with van der Waals surface area (Å²) in [7, 11) is 1.36. The minimum absolute atomic E-state index is 0.0649. The van der Waals surface area contributed by atoms with Gasteiger partial charge >= 0.3 is 5.97 Å². The second-order valence-electron chi connectivity index (χ2n) is 10.6. The molecule has 2 fully saturated rings. The van der Waals surface area contributed by atoms with Gasteiger partial charge in [0.15, 0.2) is 41.7 Å². The third-order valence-corrected chi connectivity index (χ3v) is 7.47. The van der Waals surface area contributed by atoms with Crippen LogP contribution in [0.2, 0.25) is 0 Å². The molecule has 15 heteroatoms. The summed E-state index contributed by atoms with van der Waals surface area (Å²) in [6, 6.07) is 8.54. The molecule has 45 heavy (non-hydrogen) atoms. The summed E-state index contributed by atoms with van der Waals surface area (Å²) in [4.78, 5) is 12.9. The van der Waals surface area contributed by atoms with Crippen LogP contribution in [0.4, 0.5) is 0 Å². The lowest BCUT2D eigenvalue weighted by Gasteiger charge is -2.46. The van der Waals surface area contributed by atoms with E-state index >= 15 is 0 Å². The molecular formula is C30H38O15. The van der Waals surface area contributed by atoms with Gasteiger partial charge in [0, 0.05) is 6.08 Å². The Morgan fingerprint density at radius 3 is 2.29 bits per heavy atom. The van der Waals surface area contributed by atoms with Crippen molar-refractivity contribution in [1.29, 1.82) is 0 Å². The molecule has 2 heterocycles. The molecule has 0 radical (unpaired) electrons. The summed E-state index contributed by atoms with van der Waals surface area (Å²) in [5.41, 5.74) is 1.07. The number of phenols is 3. The summed E-state index contributed by atoms with van der Waals surface area (Å²) in [5, 5.41) is 81.4. The molecule has 0 bridgehead atoms. The average molecular weight is 639 g/mol.